The van der Waals surface area contributed by atoms with E-state index >= 15 is 0 Å². The normalized spacial score (nSPS) is 21.8. The van der Waals surface area contributed by atoms with E-state index in [1.807, 2.05) is 13.0 Å². The number of carbonyl (C=O) groups is 1. The summed E-state index contributed by atoms with van der Waals surface area (Å²) in [5.41, 5.74) is 0.860. The molecule has 0 spiro atoms. The maximum atomic E-state index is 11.6. The summed E-state index contributed by atoms with van der Waals surface area (Å²) in [4.78, 5) is 11.6. The van der Waals surface area contributed by atoms with Gasteiger partial charge in [-0.2, -0.15) is 0 Å². The van der Waals surface area contributed by atoms with Gasteiger partial charge in [-0.05, 0) is 83.6 Å². The summed E-state index contributed by atoms with van der Waals surface area (Å²) in [5, 5.41) is 10.6. The molecule has 1 N–H and O–H groups in total. The maximum Gasteiger partial charge on any atom is 0.334 e. The van der Waals surface area contributed by atoms with Crippen LogP contribution in [0, 0.1) is 0 Å². The Labute approximate surface area is 253 Å². The second kappa shape index (κ2) is 24.1. The fourth-order valence-electron chi connectivity index (χ4n) is 6.13. The zero-order valence-corrected chi connectivity index (χ0v) is 26.8. The highest BCUT2D eigenvalue weighted by Crippen LogP contribution is 2.28. The van der Waals surface area contributed by atoms with Crippen molar-refractivity contribution in [1.29, 1.82) is 0 Å². The molecule has 2 heterocycles. The Kier molecular flexibility index (Phi) is 21.0. The van der Waals surface area contributed by atoms with Crippen molar-refractivity contribution in [2.75, 3.05) is 0 Å². The fraction of sp³-hybridized carbons (Fsp3) is 0.811. The summed E-state index contributed by atoms with van der Waals surface area (Å²) < 4.78 is 11.3. The molecule has 0 aromatic carbocycles. The number of aliphatic hydroxyl groups excluding tert-OH is 1. The average Bonchev–Trinajstić information content (AvgIpc) is 3.57. The SMILES string of the molecule is CCCCCCCCCCCCC=CCCC=CCCC(O)C1CCC(CCCCCCCC2=CC(C)OC2=O)O1. The van der Waals surface area contributed by atoms with Crippen LogP contribution in [0.1, 0.15) is 168 Å². The zero-order valence-electron chi connectivity index (χ0n) is 26.8. The Bertz CT molecular complexity index is 739. The van der Waals surface area contributed by atoms with Crippen molar-refractivity contribution in [2.24, 2.45) is 0 Å². The summed E-state index contributed by atoms with van der Waals surface area (Å²) in [6.07, 6.45) is 40.2. The highest BCUT2D eigenvalue weighted by atomic mass is 16.5. The van der Waals surface area contributed by atoms with Gasteiger partial charge in [0.25, 0.3) is 0 Å². The lowest BCUT2D eigenvalue weighted by Gasteiger charge is -2.18. The summed E-state index contributed by atoms with van der Waals surface area (Å²) >= 11 is 0. The largest absolute Gasteiger partial charge is 0.455 e. The van der Waals surface area contributed by atoms with Crippen LogP contribution in [0.2, 0.25) is 0 Å². The van der Waals surface area contributed by atoms with E-state index in [1.54, 1.807) is 0 Å². The zero-order chi connectivity index (χ0) is 29.4. The van der Waals surface area contributed by atoms with Crippen molar-refractivity contribution in [3.8, 4) is 0 Å². The van der Waals surface area contributed by atoms with Gasteiger partial charge < -0.3 is 14.6 Å². The molecule has 0 radical (unpaired) electrons. The summed E-state index contributed by atoms with van der Waals surface area (Å²) in [6, 6.07) is 0. The van der Waals surface area contributed by atoms with E-state index in [0.29, 0.717) is 6.10 Å². The minimum Gasteiger partial charge on any atom is -0.455 e. The number of allylic oxidation sites excluding steroid dienone is 4. The summed E-state index contributed by atoms with van der Waals surface area (Å²) in [6.45, 7) is 4.20. The first-order valence-electron chi connectivity index (χ1n) is 17.6. The molecule has 236 valence electrons. The standard InChI is InChI=1S/C37H64O4/c1-3-4-5-6-7-8-9-10-11-12-13-14-15-16-17-18-22-25-28-35(38)36-30-29-34(41-36)27-24-21-19-20-23-26-33-31-32(2)40-37(33)39/h14-15,18,22,31-32,34-36,38H,3-13,16-17,19-21,23-30H2,1-2H3. The topological polar surface area (TPSA) is 55.8 Å². The van der Waals surface area contributed by atoms with Crippen LogP contribution < -0.4 is 0 Å². The van der Waals surface area contributed by atoms with Crippen LogP contribution in [0.4, 0.5) is 0 Å². The van der Waals surface area contributed by atoms with Crippen LogP contribution >= 0.6 is 0 Å². The number of cyclic esters (lactones) is 1. The smallest absolute Gasteiger partial charge is 0.334 e. The quantitative estimate of drug-likeness (QED) is 0.0636. The van der Waals surface area contributed by atoms with Crippen LogP contribution in [0.5, 0.6) is 0 Å². The van der Waals surface area contributed by atoms with Gasteiger partial charge >= 0.3 is 5.97 Å². The third-order valence-electron chi connectivity index (χ3n) is 8.72. The second-order valence-corrected chi connectivity index (χ2v) is 12.6. The molecule has 2 aliphatic heterocycles. The molecule has 4 nitrogen and oxygen atoms in total. The van der Waals surface area contributed by atoms with E-state index < -0.39 is 0 Å². The lowest BCUT2D eigenvalue weighted by atomic mass is 10.0. The molecule has 41 heavy (non-hydrogen) atoms. The highest BCUT2D eigenvalue weighted by molar-refractivity contribution is 5.90. The minimum absolute atomic E-state index is 0.0176. The molecule has 1 fully saturated rings. The number of unbranched alkanes of at least 4 members (excludes halogenated alkanes) is 15. The highest BCUT2D eigenvalue weighted by Gasteiger charge is 2.29. The minimum atomic E-state index is -0.343. The molecule has 4 atom stereocenters. The van der Waals surface area contributed by atoms with Crippen LogP contribution in [-0.4, -0.2) is 35.5 Å². The van der Waals surface area contributed by atoms with E-state index in [1.165, 1.54) is 89.9 Å². The predicted molar refractivity (Wildman–Crippen MR) is 173 cm³/mol. The lowest BCUT2D eigenvalue weighted by Crippen LogP contribution is -2.26. The van der Waals surface area contributed by atoms with Gasteiger partial charge in [0.2, 0.25) is 0 Å². The van der Waals surface area contributed by atoms with Crippen molar-refractivity contribution >= 4 is 5.97 Å². The Morgan fingerprint density at radius 1 is 0.780 bits per heavy atom. The molecule has 2 rings (SSSR count). The number of carbonyl (C=O) groups excluding carboxylic acids is 1. The van der Waals surface area contributed by atoms with Gasteiger partial charge in [0.05, 0.1) is 18.3 Å². The molecule has 0 aromatic rings. The summed E-state index contributed by atoms with van der Waals surface area (Å²) in [5.74, 6) is -0.124. The molecule has 2 aliphatic rings. The van der Waals surface area contributed by atoms with Gasteiger partial charge in [-0.25, -0.2) is 4.79 Å². The molecule has 0 aliphatic carbocycles. The van der Waals surface area contributed by atoms with E-state index in [0.717, 1.165) is 69.8 Å². The Balaban J connectivity index is 1.34. The lowest BCUT2D eigenvalue weighted by molar-refractivity contribution is -0.139. The molecular weight excluding hydrogens is 508 g/mol. The molecule has 1 saturated heterocycles. The molecular formula is C37H64O4. The number of hydrogen-bond donors (Lipinski definition) is 1. The van der Waals surface area contributed by atoms with Gasteiger partial charge in [0, 0.05) is 5.57 Å². The number of ether oxygens (including phenoxy) is 2. The van der Waals surface area contributed by atoms with Gasteiger partial charge in [0.1, 0.15) is 6.10 Å². The number of esters is 1. The molecule has 4 unspecified atom stereocenters. The summed E-state index contributed by atoms with van der Waals surface area (Å²) in [7, 11) is 0. The molecule has 0 bridgehead atoms. The third-order valence-corrected chi connectivity index (χ3v) is 8.72. The van der Waals surface area contributed by atoms with E-state index in [4.69, 9.17) is 9.47 Å². The molecule has 0 amide bonds. The molecule has 0 saturated carbocycles. The number of rotatable bonds is 26. The van der Waals surface area contributed by atoms with Crippen molar-refractivity contribution in [3.05, 3.63) is 36.0 Å². The average molecular weight is 573 g/mol. The van der Waals surface area contributed by atoms with Crippen LogP contribution in [0.25, 0.3) is 0 Å². The van der Waals surface area contributed by atoms with Crippen molar-refractivity contribution < 1.29 is 19.4 Å². The van der Waals surface area contributed by atoms with Gasteiger partial charge in [-0.15, -0.1) is 0 Å². The Morgan fingerprint density at radius 2 is 1.37 bits per heavy atom. The first-order chi connectivity index (χ1) is 20.1. The Morgan fingerprint density at radius 3 is 2.02 bits per heavy atom. The van der Waals surface area contributed by atoms with Gasteiger partial charge in [-0.3, -0.25) is 0 Å². The molecule has 4 heteroatoms. The molecule has 0 aromatic heterocycles. The van der Waals surface area contributed by atoms with Crippen molar-refractivity contribution in [2.45, 2.75) is 192 Å². The Hall–Kier alpha value is -1.39. The number of hydrogen-bond acceptors (Lipinski definition) is 4. The fourth-order valence-corrected chi connectivity index (χ4v) is 6.13. The first kappa shape index (κ1) is 35.8. The van der Waals surface area contributed by atoms with E-state index in [9.17, 15) is 9.90 Å². The third kappa shape index (κ3) is 18.0. The van der Waals surface area contributed by atoms with E-state index in [2.05, 4.69) is 31.2 Å². The number of aliphatic hydroxyl groups is 1. The predicted octanol–water partition coefficient (Wildman–Crippen LogP) is 10.5. The van der Waals surface area contributed by atoms with Crippen LogP contribution in [0.3, 0.4) is 0 Å². The van der Waals surface area contributed by atoms with Crippen LogP contribution in [-0.2, 0) is 14.3 Å². The monoisotopic (exact) mass is 572 g/mol. The first-order valence-corrected chi connectivity index (χ1v) is 17.6. The van der Waals surface area contributed by atoms with Crippen LogP contribution in [0.15, 0.2) is 36.0 Å². The van der Waals surface area contributed by atoms with Gasteiger partial charge in [0.15, 0.2) is 0 Å². The van der Waals surface area contributed by atoms with Crippen molar-refractivity contribution in [3.63, 3.8) is 0 Å². The van der Waals surface area contributed by atoms with E-state index in [-0.39, 0.29) is 24.3 Å². The second-order valence-electron chi connectivity index (χ2n) is 12.6. The van der Waals surface area contributed by atoms with Gasteiger partial charge in [-0.1, -0.05) is 115 Å². The maximum absolute atomic E-state index is 11.6. The van der Waals surface area contributed by atoms with Crippen molar-refractivity contribution in [1.82, 2.24) is 0 Å².